The van der Waals surface area contributed by atoms with Crippen LogP contribution in [0.25, 0.3) is 11.2 Å². The van der Waals surface area contributed by atoms with Crippen molar-refractivity contribution in [1.29, 1.82) is 0 Å². The van der Waals surface area contributed by atoms with E-state index in [0.29, 0.717) is 12.5 Å². The van der Waals surface area contributed by atoms with Crippen LogP contribution in [0.4, 0.5) is 5.95 Å². The molecule has 0 aliphatic rings. The topological polar surface area (TPSA) is 82.0 Å². The third-order valence-electron chi connectivity index (χ3n) is 3.46. The summed E-state index contributed by atoms with van der Waals surface area (Å²) >= 11 is 0. The van der Waals surface area contributed by atoms with Crippen LogP contribution in [-0.4, -0.2) is 43.7 Å². The zero-order chi connectivity index (χ0) is 14.3. The molecule has 104 valence electrons. The van der Waals surface area contributed by atoms with E-state index in [-0.39, 0.29) is 5.91 Å². The summed E-state index contributed by atoms with van der Waals surface area (Å²) in [7, 11) is 3.60. The predicted octanol–water partition coefficient (Wildman–Crippen LogP) is 0.700. The summed E-state index contributed by atoms with van der Waals surface area (Å²) in [6, 6.07) is -0.398. The molecule has 0 aromatic carbocycles. The van der Waals surface area contributed by atoms with Gasteiger partial charge in [-0.3, -0.25) is 14.0 Å². The van der Waals surface area contributed by atoms with E-state index < -0.39 is 6.04 Å². The lowest BCUT2D eigenvalue weighted by Gasteiger charge is -2.21. The lowest BCUT2D eigenvalue weighted by Crippen LogP contribution is -2.33. The summed E-state index contributed by atoms with van der Waals surface area (Å²) in [6.07, 6.45) is 0. The lowest BCUT2D eigenvalue weighted by molar-refractivity contribution is -0.132. The van der Waals surface area contributed by atoms with Crippen LogP contribution in [0.15, 0.2) is 0 Å². The average molecular weight is 264 g/mol. The molecule has 0 saturated carbocycles. The number of carbonyl (C=O) groups is 1. The number of hydrogen-bond acceptors (Lipinski definition) is 4. The molecule has 0 spiro atoms. The highest BCUT2D eigenvalue weighted by molar-refractivity contribution is 5.85. The number of likely N-dealkylation sites (N-methyl/N-ethyl adjacent to an activating group) is 1. The first-order valence-electron chi connectivity index (χ1n) is 6.30. The number of amides is 1. The van der Waals surface area contributed by atoms with Gasteiger partial charge in [-0.25, -0.2) is 4.98 Å². The summed E-state index contributed by atoms with van der Waals surface area (Å²) in [5.74, 6) is 0.351. The fourth-order valence-electron chi connectivity index (χ4n) is 2.28. The summed E-state index contributed by atoms with van der Waals surface area (Å²) < 4.78 is 3.45. The van der Waals surface area contributed by atoms with Gasteiger partial charge in [-0.2, -0.15) is 5.10 Å². The second-order valence-corrected chi connectivity index (χ2v) is 4.75. The van der Waals surface area contributed by atoms with Crippen molar-refractivity contribution in [2.75, 3.05) is 19.3 Å². The van der Waals surface area contributed by atoms with Crippen LogP contribution >= 0.6 is 0 Å². The number of rotatable bonds is 3. The lowest BCUT2D eigenvalue weighted by atomic mass is 10.3. The number of fused-ring (bicyclic) bond motifs is 1. The van der Waals surface area contributed by atoms with Crippen LogP contribution in [0.3, 0.4) is 0 Å². The van der Waals surface area contributed by atoms with Crippen molar-refractivity contribution >= 4 is 23.0 Å². The average Bonchev–Trinajstić information content (AvgIpc) is 2.85. The SMILES string of the molecule is CCN(C)C(=O)C(C)n1c(N)nc2c(C)nn(C)c21. The largest absolute Gasteiger partial charge is 0.369 e. The summed E-state index contributed by atoms with van der Waals surface area (Å²) in [4.78, 5) is 18.3. The molecule has 0 fully saturated rings. The third-order valence-corrected chi connectivity index (χ3v) is 3.46. The zero-order valence-electron chi connectivity index (χ0n) is 12.0. The van der Waals surface area contributed by atoms with Crippen molar-refractivity contribution < 1.29 is 4.79 Å². The number of carbonyl (C=O) groups excluding carboxylic acids is 1. The Morgan fingerprint density at radius 1 is 1.53 bits per heavy atom. The third kappa shape index (κ3) is 1.94. The maximum Gasteiger partial charge on any atom is 0.245 e. The van der Waals surface area contributed by atoms with E-state index in [1.54, 1.807) is 21.2 Å². The number of anilines is 1. The molecule has 0 radical (unpaired) electrons. The Balaban J connectivity index is 2.56. The van der Waals surface area contributed by atoms with Crippen molar-refractivity contribution in [2.45, 2.75) is 26.8 Å². The van der Waals surface area contributed by atoms with Gasteiger partial charge in [0.1, 0.15) is 11.6 Å². The standard InChI is InChI=1S/C12H20N6O/c1-6-16(4)11(19)8(3)18-10-9(14-12(18)13)7(2)15-17(10)5/h8H,6H2,1-5H3,(H2,13,14). The van der Waals surface area contributed by atoms with Crippen LogP contribution in [0.5, 0.6) is 0 Å². The van der Waals surface area contributed by atoms with Gasteiger partial charge in [0.25, 0.3) is 0 Å². The molecular formula is C12H20N6O. The minimum Gasteiger partial charge on any atom is -0.369 e. The van der Waals surface area contributed by atoms with Gasteiger partial charge in [0.15, 0.2) is 5.65 Å². The minimum atomic E-state index is -0.398. The normalized spacial score (nSPS) is 12.9. The Morgan fingerprint density at radius 3 is 2.74 bits per heavy atom. The second-order valence-electron chi connectivity index (χ2n) is 4.75. The van der Waals surface area contributed by atoms with Crippen molar-refractivity contribution in [2.24, 2.45) is 7.05 Å². The first kappa shape index (κ1) is 13.4. The Hall–Kier alpha value is -2.05. The van der Waals surface area contributed by atoms with E-state index in [1.807, 2.05) is 27.8 Å². The van der Waals surface area contributed by atoms with Gasteiger partial charge < -0.3 is 10.6 Å². The Morgan fingerprint density at radius 2 is 2.16 bits per heavy atom. The van der Waals surface area contributed by atoms with Crippen molar-refractivity contribution in [3.8, 4) is 0 Å². The van der Waals surface area contributed by atoms with Crippen molar-refractivity contribution in [3.05, 3.63) is 5.69 Å². The van der Waals surface area contributed by atoms with Gasteiger partial charge in [0.2, 0.25) is 11.9 Å². The summed E-state index contributed by atoms with van der Waals surface area (Å²) in [5, 5.41) is 4.31. The molecule has 2 rings (SSSR count). The number of nitrogens with zero attached hydrogens (tertiary/aromatic N) is 5. The molecule has 19 heavy (non-hydrogen) atoms. The van der Waals surface area contributed by atoms with Crippen LogP contribution in [0.1, 0.15) is 25.6 Å². The molecule has 1 unspecified atom stereocenters. The van der Waals surface area contributed by atoms with Crippen LogP contribution in [0.2, 0.25) is 0 Å². The van der Waals surface area contributed by atoms with Gasteiger partial charge in [-0.1, -0.05) is 0 Å². The second kappa shape index (κ2) is 4.56. The molecule has 2 heterocycles. The van der Waals surface area contributed by atoms with E-state index in [0.717, 1.165) is 16.9 Å². The number of aryl methyl sites for hydroxylation is 2. The first-order chi connectivity index (χ1) is 8.88. The molecule has 0 aliphatic carbocycles. The number of nitrogens with two attached hydrogens (primary N) is 1. The van der Waals surface area contributed by atoms with E-state index in [2.05, 4.69) is 10.1 Å². The molecule has 2 N–H and O–H groups in total. The minimum absolute atomic E-state index is 0.00681. The smallest absolute Gasteiger partial charge is 0.245 e. The molecule has 7 nitrogen and oxygen atoms in total. The number of aromatic nitrogens is 4. The van der Waals surface area contributed by atoms with Gasteiger partial charge in [0.05, 0.1) is 5.69 Å². The van der Waals surface area contributed by atoms with E-state index in [9.17, 15) is 4.79 Å². The molecule has 2 aromatic heterocycles. The molecule has 0 saturated heterocycles. The van der Waals surface area contributed by atoms with Crippen LogP contribution in [0, 0.1) is 6.92 Å². The zero-order valence-corrected chi connectivity index (χ0v) is 12.0. The molecule has 2 aromatic rings. The van der Waals surface area contributed by atoms with Crippen LogP contribution < -0.4 is 5.73 Å². The fraction of sp³-hybridized carbons (Fsp3) is 0.583. The molecular weight excluding hydrogens is 244 g/mol. The molecule has 0 bridgehead atoms. The van der Waals surface area contributed by atoms with E-state index in [4.69, 9.17) is 5.73 Å². The number of hydrogen-bond donors (Lipinski definition) is 1. The van der Waals surface area contributed by atoms with E-state index in [1.165, 1.54) is 0 Å². The van der Waals surface area contributed by atoms with Gasteiger partial charge in [0, 0.05) is 20.6 Å². The van der Waals surface area contributed by atoms with Gasteiger partial charge >= 0.3 is 0 Å². The predicted molar refractivity (Wildman–Crippen MR) is 73.7 cm³/mol. The maximum atomic E-state index is 12.3. The highest BCUT2D eigenvalue weighted by atomic mass is 16.2. The maximum absolute atomic E-state index is 12.3. The van der Waals surface area contributed by atoms with Crippen molar-refractivity contribution in [3.63, 3.8) is 0 Å². The summed E-state index contributed by atoms with van der Waals surface area (Å²) in [5.41, 5.74) is 8.29. The molecule has 1 amide bonds. The number of nitrogen functional groups attached to an aromatic ring is 1. The Labute approximate surface area is 112 Å². The summed E-state index contributed by atoms with van der Waals surface area (Å²) in [6.45, 7) is 6.30. The van der Waals surface area contributed by atoms with Crippen molar-refractivity contribution in [1.82, 2.24) is 24.2 Å². The Bertz CT molecular complexity index is 626. The number of imidazole rings is 1. The Kier molecular flexibility index (Phi) is 3.21. The first-order valence-corrected chi connectivity index (χ1v) is 6.30. The fourth-order valence-corrected chi connectivity index (χ4v) is 2.28. The van der Waals surface area contributed by atoms with Gasteiger partial charge in [-0.05, 0) is 20.8 Å². The monoisotopic (exact) mass is 264 g/mol. The molecule has 7 heteroatoms. The van der Waals surface area contributed by atoms with Gasteiger partial charge in [-0.15, -0.1) is 0 Å². The highest BCUT2D eigenvalue weighted by Crippen LogP contribution is 2.25. The highest BCUT2D eigenvalue weighted by Gasteiger charge is 2.25. The quantitative estimate of drug-likeness (QED) is 0.884. The van der Waals surface area contributed by atoms with E-state index >= 15 is 0 Å². The van der Waals surface area contributed by atoms with Crippen LogP contribution in [-0.2, 0) is 11.8 Å². The molecule has 0 aliphatic heterocycles. The molecule has 1 atom stereocenters.